The van der Waals surface area contributed by atoms with E-state index < -0.39 is 23.7 Å². The van der Waals surface area contributed by atoms with Crippen LogP contribution in [0.3, 0.4) is 0 Å². The van der Waals surface area contributed by atoms with Crippen LogP contribution >= 0.6 is 0 Å². The Kier molecular flexibility index (Phi) is 6.57. The zero-order chi connectivity index (χ0) is 20.0. The third-order valence-electron chi connectivity index (χ3n) is 3.81. The molecule has 0 spiro atoms. The topological polar surface area (TPSA) is 61.4 Å². The largest absolute Gasteiger partial charge is 0.416 e. The smallest absolute Gasteiger partial charge is 0.348 e. The SMILES string of the molecule is CN(C)C(=O)CN[C@@H](C(=O)Nc1cccc(C(F)(F)F)c1)c1ccccc1. The van der Waals surface area contributed by atoms with Crippen molar-refractivity contribution in [3.63, 3.8) is 0 Å². The summed E-state index contributed by atoms with van der Waals surface area (Å²) >= 11 is 0. The summed E-state index contributed by atoms with van der Waals surface area (Å²) < 4.78 is 38.5. The molecule has 0 aliphatic heterocycles. The van der Waals surface area contributed by atoms with Gasteiger partial charge in [-0.05, 0) is 23.8 Å². The highest BCUT2D eigenvalue weighted by molar-refractivity contribution is 5.96. The molecule has 0 heterocycles. The Bertz CT molecular complexity index is 792. The van der Waals surface area contributed by atoms with Gasteiger partial charge in [0.2, 0.25) is 11.8 Å². The number of carbonyl (C=O) groups is 2. The molecule has 5 nitrogen and oxygen atoms in total. The fourth-order valence-electron chi connectivity index (χ4n) is 2.34. The minimum atomic E-state index is -4.50. The highest BCUT2D eigenvalue weighted by atomic mass is 19.4. The van der Waals surface area contributed by atoms with Crippen LogP contribution in [0.1, 0.15) is 17.2 Å². The molecule has 0 saturated carbocycles. The molecule has 0 aliphatic carbocycles. The minimum absolute atomic E-state index is 0.0245. The van der Waals surface area contributed by atoms with E-state index in [-0.39, 0.29) is 18.1 Å². The number of halogens is 3. The first-order valence-electron chi connectivity index (χ1n) is 8.15. The number of anilines is 1. The summed E-state index contributed by atoms with van der Waals surface area (Å²) in [5.74, 6) is -0.796. The second-order valence-corrected chi connectivity index (χ2v) is 6.08. The molecule has 2 aromatic carbocycles. The molecule has 144 valence electrons. The highest BCUT2D eigenvalue weighted by Crippen LogP contribution is 2.30. The second kappa shape index (κ2) is 8.68. The Morgan fingerprint density at radius 3 is 2.30 bits per heavy atom. The molecule has 0 aliphatic rings. The second-order valence-electron chi connectivity index (χ2n) is 6.08. The van der Waals surface area contributed by atoms with Crippen LogP contribution in [-0.2, 0) is 15.8 Å². The number of hydrogen-bond donors (Lipinski definition) is 2. The number of benzene rings is 2. The van der Waals surface area contributed by atoms with Gasteiger partial charge in [-0.3, -0.25) is 14.9 Å². The van der Waals surface area contributed by atoms with E-state index in [9.17, 15) is 22.8 Å². The van der Waals surface area contributed by atoms with Crippen molar-refractivity contribution in [2.75, 3.05) is 26.0 Å². The van der Waals surface area contributed by atoms with Gasteiger partial charge in [0.25, 0.3) is 0 Å². The summed E-state index contributed by atoms with van der Waals surface area (Å²) in [7, 11) is 3.18. The van der Waals surface area contributed by atoms with E-state index in [2.05, 4.69) is 10.6 Å². The van der Waals surface area contributed by atoms with Crippen LogP contribution in [0.15, 0.2) is 54.6 Å². The van der Waals surface area contributed by atoms with Crippen molar-refractivity contribution in [2.24, 2.45) is 0 Å². The minimum Gasteiger partial charge on any atom is -0.348 e. The van der Waals surface area contributed by atoms with Gasteiger partial charge in [-0.15, -0.1) is 0 Å². The van der Waals surface area contributed by atoms with Crippen molar-refractivity contribution >= 4 is 17.5 Å². The Morgan fingerprint density at radius 1 is 1.04 bits per heavy atom. The Labute approximate surface area is 155 Å². The lowest BCUT2D eigenvalue weighted by Gasteiger charge is -2.20. The molecule has 2 aromatic rings. The number of likely N-dealkylation sites (N-methyl/N-ethyl adjacent to an activating group) is 1. The first-order chi connectivity index (χ1) is 12.7. The van der Waals surface area contributed by atoms with Crippen LogP contribution in [0.4, 0.5) is 18.9 Å². The van der Waals surface area contributed by atoms with Gasteiger partial charge in [0.05, 0.1) is 12.1 Å². The average Bonchev–Trinajstić information content (AvgIpc) is 2.62. The normalized spacial score (nSPS) is 12.3. The summed E-state index contributed by atoms with van der Waals surface area (Å²) in [5.41, 5.74) is -0.239. The molecule has 2 rings (SSSR count). The quantitative estimate of drug-likeness (QED) is 0.811. The molecular weight excluding hydrogens is 359 g/mol. The molecule has 8 heteroatoms. The molecular formula is C19H20F3N3O2. The van der Waals surface area contributed by atoms with E-state index in [1.165, 1.54) is 17.0 Å². The first kappa shape index (κ1) is 20.4. The zero-order valence-electron chi connectivity index (χ0n) is 14.9. The maximum atomic E-state index is 12.8. The maximum absolute atomic E-state index is 12.8. The van der Waals surface area contributed by atoms with Crippen LogP contribution in [0.5, 0.6) is 0 Å². The number of hydrogen-bond acceptors (Lipinski definition) is 3. The molecule has 2 N–H and O–H groups in total. The maximum Gasteiger partial charge on any atom is 0.416 e. The molecule has 1 atom stereocenters. The van der Waals surface area contributed by atoms with Crippen molar-refractivity contribution in [2.45, 2.75) is 12.2 Å². The van der Waals surface area contributed by atoms with E-state index in [4.69, 9.17) is 0 Å². The predicted molar refractivity (Wildman–Crippen MR) is 96.0 cm³/mol. The van der Waals surface area contributed by atoms with Gasteiger partial charge in [-0.2, -0.15) is 13.2 Å². The van der Waals surface area contributed by atoms with Crippen molar-refractivity contribution in [1.82, 2.24) is 10.2 Å². The molecule has 0 bridgehead atoms. The van der Waals surface area contributed by atoms with Crippen LogP contribution in [0, 0.1) is 0 Å². The van der Waals surface area contributed by atoms with Crippen LogP contribution < -0.4 is 10.6 Å². The number of amides is 2. The van der Waals surface area contributed by atoms with Gasteiger partial charge in [0.1, 0.15) is 6.04 Å². The number of carbonyl (C=O) groups excluding carboxylic acids is 2. The third kappa shape index (κ3) is 5.82. The van der Waals surface area contributed by atoms with Gasteiger partial charge in [-0.1, -0.05) is 36.4 Å². The van der Waals surface area contributed by atoms with Gasteiger partial charge < -0.3 is 10.2 Å². The van der Waals surface area contributed by atoms with Crippen LogP contribution in [0.2, 0.25) is 0 Å². The van der Waals surface area contributed by atoms with Gasteiger partial charge in [0.15, 0.2) is 0 Å². The fraction of sp³-hybridized carbons (Fsp3) is 0.263. The highest BCUT2D eigenvalue weighted by Gasteiger charge is 2.30. The molecule has 0 unspecified atom stereocenters. The Morgan fingerprint density at radius 2 is 1.70 bits per heavy atom. The lowest BCUT2D eigenvalue weighted by atomic mass is 10.1. The van der Waals surface area contributed by atoms with Crippen molar-refractivity contribution < 1.29 is 22.8 Å². The number of nitrogens with one attached hydrogen (secondary N) is 2. The zero-order valence-corrected chi connectivity index (χ0v) is 14.9. The van der Waals surface area contributed by atoms with Crippen molar-refractivity contribution in [1.29, 1.82) is 0 Å². The van der Waals surface area contributed by atoms with E-state index in [1.54, 1.807) is 44.4 Å². The summed E-state index contributed by atoms with van der Waals surface area (Å²) in [5, 5.41) is 5.34. The van der Waals surface area contributed by atoms with Crippen molar-refractivity contribution in [3.05, 3.63) is 65.7 Å². The van der Waals surface area contributed by atoms with E-state index in [1.807, 2.05) is 0 Å². The molecule has 2 amide bonds. The average molecular weight is 379 g/mol. The van der Waals surface area contributed by atoms with Gasteiger partial charge in [0, 0.05) is 19.8 Å². The summed E-state index contributed by atoms with van der Waals surface area (Å²) in [6.07, 6.45) is -4.50. The van der Waals surface area contributed by atoms with Gasteiger partial charge in [-0.25, -0.2) is 0 Å². The van der Waals surface area contributed by atoms with Crippen molar-refractivity contribution in [3.8, 4) is 0 Å². The number of alkyl halides is 3. The molecule has 0 fully saturated rings. The fourth-order valence-corrected chi connectivity index (χ4v) is 2.34. The van der Waals surface area contributed by atoms with E-state index in [0.29, 0.717) is 5.56 Å². The number of rotatable bonds is 6. The predicted octanol–water partition coefficient (Wildman–Crippen LogP) is 3.06. The first-order valence-corrected chi connectivity index (χ1v) is 8.15. The van der Waals surface area contributed by atoms with Crippen LogP contribution in [-0.4, -0.2) is 37.4 Å². The summed E-state index contributed by atoms with van der Waals surface area (Å²) in [4.78, 5) is 25.9. The molecule has 0 saturated heterocycles. The molecule has 0 aromatic heterocycles. The summed E-state index contributed by atoms with van der Waals surface area (Å²) in [6, 6.07) is 12.1. The summed E-state index contributed by atoms with van der Waals surface area (Å²) in [6.45, 7) is -0.0947. The number of nitrogens with zero attached hydrogens (tertiary/aromatic N) is 1. The lowest BCUT2D eigenvalue weighted by molar-refractivity contribution is -0.137. The van der Waals surface area contributed by atoms with Crippen LogP contribution in [0.25, 0.3) is 0 Å². The molecule has 27 heavy (non-hydrogen) atoms. The monoisotopic (exact) mass is 379 g/mol. The van der Waals surface area contributed by atoms with E-state index in [0.717, 1.165) is 12.1 Å². The third-order valence-corrected chi connectivity index (χ3v) is 3.81. The standard InChI is InChI=1S/C19H20F3N3O2/c1-25(2)16(26)12-23-17(13-7-4-3-5-8-13)18(27)24-15-10-6-9-14(11-15)19(20,21)22/h3-11,17,23H,12H2,1-2H3,(H,24,27)/t17-/m1/s1. The lowest BCUT2D eigenvalue weighted by Crippen LogP contribution is -2.39. The molecule has 0 radical (unpaired) electrons. The Hall–Kier alpha value is -2.87. The van der Waals surface area contributed by atoms with E-state index >= 15 is 0 Å². The Balaban J connectivity index is 2.20. The van der Waals surface area contributed by atoms with Gasteiger partial charge >= 0.3 is 6.18 Å².